The second-order valence-electron chi connectivity index (χ2n) is 4.44. The first-order valence-corrected chi connectivity index (χ1v) is 6.66. The highest BCUT2D eigenvalue weighted by molar-refractivity contribution is 7.05. The quantitative estimate of drug-likeness (QED) is 0.921. The van der Waals surface area contributed by atoms with E-state index in [0.29, 0.717) is 0 Å². The van der Waals surface area contributed by atoms with Crippen molar-refractivity contribution in [2.24, 2.45) is 5.73 Å². The summed E-state index contributed by atoms with van der Waals surface area (Å²) in [6.45, 7) is 5.94. The minimum atomic E-state index is -0.168. The Hall–Kier alpha value is -1.46. The Morgan fingerprint density at radius 2 is 1.89 bits per heavy atom. The molecule has 0 amide bonds. The number of aryl methyl sites for hydroxylation is 1. The van der Waals surface area contributed by atoms with Gasteiger partial charge in [0.1, 0.15) is 5.75 Å². The molecular formula is C13H17N3OS. The van der Waals surface area contributed by atoms with E-state index in [9.17, 15) is 0 Å². The molecule has 1 atom stereocenters. The minimum Gasteiger partial charge on any atom is -0.491 e. The van der Waals surface area contributed by atoms with Gasteiger partial charge >= 0.3 is 0 Å². The summed E-state index contributed by atoms with van der Waals surface area (Å²) in [5.41, 5.74) is 8.14. The Bertz CT molecular complexity index is 507. The number of benzene rings is 1. The lowest BCUT2D eigenvalue weighted by Gasteiger charge is -2.13. The van der Waals surface area contributed by atoms with Crippen molar-refractivity contribution in [3.8, 4) is 5.75 Å². The molecule has 0 aliphatic heterocycles. The molecule has 0 aliphatic carbocycles. The first-order chi connectivity index (χ1) is 8.58. The van der Waals surface area contributed by atoms with Gasteiger partial charge in [-0.15, -0.1) is 5.10 Å². The normalized spacial score (nSPS) is 12.7. The first-order valence-electron chi connectivity index (χ1n) is 5.89. The fourth-order valence-corrected chi connectivity index (χ4v) is 2.37. The highest BCUT2D eigenvalue weighted by atomic mass is 32.1. The van der Waals surface area contributed by atoms with Crippen molar-refractivity contribution in [2.75, 3.05) is 0 Å². The Morgan fingerprint density at radius 1 is 1.22 bits per heavy atom. The van der Waals surface area contributed by atoms with Gasteiger partial charge in [-0.2, -0.15) is 0 Å². The molecule has 2 aromatic rings. The van der Waals surface area contributed by atoms with Gasteiger partial charge in [0.05, 0.1) is 22.7 Å². The molecule has 0 saturated carbocycles. The van der Waals surface area contributed by atoms with Crippen molar-refractivity contribution >= 4 is 11.5 Å². The van der Waals surface area contributed by atoms with Crippen LogP contribution in [-0.2, 0) is 0 Å². The molecule has 18 heavy (non-hydrogen) atoms. The standard InChI is InChI=1S/C13H17N3OS/c1-8(2)17-11-6-4-10(5-7-11)12(14)13-9(3)15-16-18-13/h4-8,12H,14H2,1-3H3. The summed E-state index contributed by atoms with van der Waals surface area (Å²) in [6, 6.07) is 7.69. The van der Waals surface area contributed by atoms with Gasteiger partial charge in [0, 0.05) is 0 Å². The molecule has 0 saturated heterocycles. The van der Waals surface area contributed by atoms with Crippen molar-refractivity contribution in [3.05, 3.63) is 40.4 Å². The summed E-state index contributed by atoms with van der Waals surface area (Å²) in [4.78, 5) is 1.01. The zero-order valence-corrected chi connectivity index (χ0v) is 11.6. The van der Waals surface area contributed by atoms with Crippen molar-refractivity contribution in [1.29, 1.82) is 0 Å². The molecule has 96 valence electrons. The molecule has 0 aliphatic rings. The van der Waals surface area contributed by atoms with Gasteiger partial charge in [-0.25, -0.2) is 0 Å². The van der Waals surface area contributed by atoms with Gasteiger partial charge in [0.25, 0.3) is 0 Å². The van der Waals surface area contributed by atoms with Crippen LogP contribution < -0.4 is 10.5 Å². The van der Waals surface area contributed by atoms with Crippen molar-refractivity contribution in [3.63, 3.8) is 0 Å². The van der Waals surface area contributed by atoms with Crippen molar-refractivity contribution in [1.82, 2.24) is 9.59 Å². The minimum absolute atomic E-state index is 0.168. The van der Waals surface area contributed by atoms with Crippen LogP contribution in [0.4, 0.5) is 0 Å². The summed E-state index contributed by atoms with van der Waals surface area (Å²) in [6.07, 6.45) is 0.178. The van der Waals surface area contributed by atoms with E-state index < -0.39 is 0 Å². The third kappa shape index (κ3) is 2.86. The lowest BCUT2D eigenvalue weighted by atomic mass is 10.1. The van der Waals surface area contributed by atoms with Gasteiger partial charge in [0.15, 0.2) is 0 Å². The van der Waals surface area contributed by atoms with E-state index in [4.69, 9.17) is 10.5 Å². The van der Waals surface area contributed by atoms with Crippen LogP contribution in [0, 0.1) is 6.92 Å². The number of rotatable bonds is 4. The molecule has 0 bridgehead atoms. The maximum atomic E-state index is 6.20. The third-order valence-electron chi connectivity index (χ3n) is 2.58. The summed E-state index contributed by atoms with van der Waals surface area (Å²) in [7, 11) is 0. The smallest absolute Gasteiger partial charge is 0.119 e. The second-order valence-corrected chi connectivity index (χ2v) is 5.22. The molecule has 1 aromatic heterocycles. The molecular weight excluding hydrogens is 246 g/mol. The molecule has 1 aromatic carbocycles. The topological polar surface area (TPSA) is 61.0 Å². The van der Waals surface area contributed by atoms with Crippen LogP contribution in [0.3, 0.4) is 0 Å². The van der Waals surface area contributed by atoms with E-state index >= 15 is 0 Å². The van der Waals surface area contributed by atoms with Gasteiger partial charge in [-0.1, -0.05) is 16.6 Å². The van der Waals surface area contributed by atoms with Crippen LogP contribution in [0.5, 0.6) is 5.75 Å². The summed E-state index contributed by atoms with van der Waals surface area (Å²) in [5, 5.41) is 3.98. The van der Waals surface area contributed by atoms with E-state index in [2.05, 4.69) is 9.59 Å². The van der Waals surface area contributed by atoms with Crippen LogP contribution in [0.1, 0.15) is 36.0 Å². The molecule has 1 heterocycles. The molecule has 0 spiro atoms. The lowest BCUT2D eigenvalue weighted by molar-refractivity contribution is 0.242. The number of nitrogens with two attached hydrogens (primary N) is 1. The molecule has 4 nitrogen and oxygen atoms in total. The highest BCUT2D eigenvalue weighted by Crippen LogP contribution is 2.26. The SMILES string of the molecule is Cc1nnsc1C(N)c1ccc(OC(C)C)cc1. The molecule has 5 heteroatoms. The van der Waals surface area contributed by atoms with Crippen LogP contribution in [0.2, 0.25) is 0 Å². The van der Waals surface area contributed by atoms with E-state index in [0.717, 1.165) is 21.9 Å². The summed E-state index contributed by atoms with van der Waals surface area (Å²) in [5.74, 6) is 0.861. The Labute approximate surface area is 111 Å². The third-order valence-corrected chi connectivity index (χ3v) is 3.49. The predicted molar refractivity (Wildman–Crippen MR) is 72.9 cm³/mol. The molecule has 1 unspecified atom stereocenters. The number of nitrogens with zero attached hydrogens (tertiary/aromatic N) is 2. The lowest BCUT2D eigenvalue weighted by Crippen LogP contribution is -2.11. The second kappa shape index (κ2) is 5.46. The number of ether oxygens (including phenoxy) is 1. The average Bonchev–Trinajstić information content (AvgIpc) is 2.75. The van der Waals surface area contributed by atoms with Gasteiger partial charge in [-0.3, -0.25) is 0 Å². The van der Waals surface area contributed by atoms with E-state index in [1.807, 2.05) is 45.0 Å². The molecule has 2 rings (SSSR count). The zero-order chi connectivity index (χ0) is 13.1. The van der Waals surface area contributed by atoms with Crippen LogP contribution in [-0.4, -0.2) is 15.7 Å². The zero-order valence-electron chi connectivity index (χ0n) is 10.8. The summed E-state index contributed by atoms with van der Waals surface area (Å²) < 4.78 is 9.51. The number of aromatic nitrogens is 2. The van der Waals surface area contributed by atoms with Crippen LogP contribution in [0.15, 0.2) is 24.3 Å². The fourth-order valence-electron chi connectivity index (χ4n) is 1.70. The van der Waals surface area contributed by atoms with Crippen LogP contribution >= 0.6 is 11.5 Å². The largest absolute Gasteiger partial charge is 0.491 e. The Morgan fingerprint density at radius 3 is 2.39 bits per heavy atom. The number of hydrogen-bond acceptors (Lipinski definition) is 5. The maximum Gasteiger partial charge on any atom is 0.119 e. The molecule has 0 fully saturated rings. The van der Waals surface area contributed by atoms with Crippen molar-refractivity contribution < 1.29 is 4.74 Å². The first kappa shape index (κ1) is 13.0. The Balaban J connectivity index is 2.17. The van der Waals surface area contributed by atoms with Crippen LogP contribution in [0.25, 0.3) is 0 Å². The van der Waals surface area contributed by atoms with Gasteiger partial charge < -0.3 is 10.5 Å². The van der Waals surface area contributed by atoms with Gasteiger partial charge in [-0.05, 0) is 50.0 Å². The van der Waals surface area contributed by atoms with E-state index in [1.54, 1.807) is 0 Å². The van der Waals surface area contributed by atoms with E-state index in [-0.39, 0.29) is 12.1 Å². The monoisotopic (exact) mass is 263 g/mol. The fraction of sp³-hybridized carbons (Fsp3) is 0.385. The highest BCUT2D eigenvalue weighted by Gasteiger charge is 2.14. The summed E-state index contributed by atoms with van der Waals surface area (Å²) >= 11 is 1.35. The predicted octanol–water partition coefficient (Wildman–Crippen LogP) is 2.68. The Kier molecular flexibility index (Phi) is 3.93. The molecule has 0 radical (unpaired) electrons. The number of hydrogen-bond donors (Lipinski definition) is 1. The van der Waals surface area contributed by atoms with Crippen molar-refractivity contribution in [2.45, 2.75) is 32.9 Å². The average molecular weight is 263 g/mol. The molecule has 2 N–H and O–H groups in total. The van der Waals surface area contributed by atoms with E-state index in [1.165, 1.54) is 11.5 Å². The van der Waals surface area contributed by atoms with Gasteiger partial charge in [0.2, 0.25) is 0 Å². The maximum absolute atomic E-state index is 6.20.